The van der Waals surface area contributed by atoms with Crippen molar-refractivity contribution in [2.24, 2.45) is 5.92 Å². The van der Waals surface area contributed by atoms with Gasteiger partial charge in [-0.2, -0.15) is 0 Å². The molecular weight excluding hydrogens is 381 g/mol. The highest BCUT2D eigenvalue weighted by Crippen LogP contribution is 2.20. The van der Waals surface area contributed by atoms with Gasteiger partial charge in [0.1, 0.15) is 5.82 Å². The highest BCUT2D eigenvalue weighted by molar-refractivity contribution is 6.39. The molecule has 2 aromatic carbocycles. The number of halogens is 2. The van der Waals surface area contributed by atoms with E-state index < -0.39 is 17.6 Å². The Morgan fingerprint density at radius 1 is 1.07 bits per heavy atom. The van der Waals surface area contributed by atoms with E-state index in [2.05, 4.69) is 27.7 Å². The Bertz CT molecular complexity index is 824. The highest BCUT2D eigenvalue weighted by Gasteiger charge is 2.21. The molecule has 1 fully saturated rings. The number of carbonyl (C=O) groups is 2. The molecule has 0 unspecified atom stereocenters. The second-order valence-electron chi connectivity index (χ2n) is 7.00. The molecule has 148 valence electrons. The zero-order chi connectivity index (χ0) is 19.9. The van der Waals surface area contributed by atoms with Crippen molar-refractivity contribution >= 4 is 29.1 Å². The van der Waals surface area contributed by atoms with E-state index in [1.54, 1.807) is 0 Å². The van der Waals surface area contributed by atoms with Gasteiger partial charge in [0.05, 0.1) is 5.02 Å². The molecule has 0 atom stereocenters. The predicted octanol–water partition coefficient (Wildman–Crippen LogP) is 3.45. The zero-order valence-corrected chi connectivity index (χ0v) is 16.2. The van der Waals surface area contributed by atoms with Crippen LogP contribution in [0.5, 0.6) is 0 Å². The molecule has 1 saturated heterocycles. The molecule has 1 aliphatic heterocycles. The Hall–Kier alpha value is -2.44. The second kappa shape index (κ2) is 9.66. The van der Waals surface area contributed by atoms with E-state index in [1.807, 2.05) is 18.2 Å². The molecule has 2 aromatic rings. The Labute approximate surface area is 168 Å². The van der Waals surface area contributed by atoms with E-state index in [4.69, 9.17) is 11.6 Å². The lowest BCUT2D eigenvalue weighted by Crippen LogP contribution is -2.41. The van der Waals surface area contributed by atoms with Crippen molar-refractivity contribution in [2.75, 3.05) is 25.0 Å². The van der Waals surface area contributed by atoms with Crippen LogP contribution in [0.25, 0.3) is 0 Å². The van der Waals surface area contributed by atoms with Crippen molar-refractivity contribution < 1.29 is 14.0 Å². The molecule has 0 spiro atoms. The fourth-order valence-electron chi connectivity index (χ4n) is 3.27. The van der Waals surface area contributed by atoms with Gasteiger partial charge in [0, 0.05) is 18.8 Å². The largest absolute Gasteiger partial charge is 0.348 e. The second-order valence-corrected chi connectivity index (χ2v) is 7.41. The maximum Gasteiger partial charge on any atom is 0.313 e. The fourth-order valence-corrected chi connectivity index (χ4v) is 3.45. The van der Waals surface area contributed by atoms with Crippen LogP contribution in [0.1, 0.15) is 18.4 Å². The van der Waals surface area contributed by atoms with Crippen molar-refractivity contribution in [3.63, 3.8) is 0 Å². The summed E-state index contributed by atoms with van der Waals surface area (Å²) in [6.07, 6.45) is 1.95. The minimum absolute atomic E-state index is 0.111. The SMILES string of the molecule is O=C(NCC1CCN(Cc2ccccc2)CC1)C(=O)Nc1ccc(F)c(Cl)c1. The molecule has 1 aliphatic rings. The first-order valence-corrected chi connectivity index (χ1v) is 9.69. The molecule has 0 bridgehead atoms. The lowest BCUT2D eigenvalue weighted by atomic mass is 9.96. The van der Waals surface area contributed by atoms with E-state index in [0.29, 0.717) is 12.5 Å². The molecule has 0 aliphatic carbocycles. The Morgan fingerprint density at radius 2 is 1.79 bits per heavy atom. The standard InChI is InChI=1S/C21H23ClFN3O2/c22-18-12-17(6-7-19(18)23)25-21(28)20(27)24-13-15-8-10-26(11-9-15)14-16-4-2-1-3-5-16/h1-7,12,15H,8-11,13-14H2,(H,24,27)(H,25,28). The Balaban J connectivity index is 1.39. The van der Waals surface area contributed by atoms with E-state index in [1.165, 1.54) is 17.7 Å². The number of hydrogen-bond acceptors (Lipinski definition) is 3. The van der Waals surface area contributed by atoms with Crippen LogP contribution in [0.4, 0.5) is 10.1 Å². The van der Waals surface area contributed by atoms with Gasteiger partial charge in [0.15, 0.2) is 0 Å². The van der Waals surface area contributed by atoms with Gasteiger partial charge in [-0.05, 0) is 55.6 Å². The van der Waals surface area contributed by atoms with Gasteiger partial charge in [0.2, 0.25) is 0 Å². The first-order chi connectivity index (χ1) is 13.5. The molecule has 2 amide bonds. The van der Waals surface area contributed by atoms with Crippen LogP contribution in [0.3, 0.4) is 0 Å². The zero-order valence-electron chi connectivity index (χ0n) is 15.5. The van der Waals surface area contributed by atoms with Gasteiger partial charge in [-0.25, -0.2) is 4.39 Å². The van der Waals surface area contributed by atoms with Crippen molar-refractivity contribution in [3.05, 3.63) is 64.9 Å². The first kappa shape index (κ1) is 20.3. The minimum Gasteiger partial charge on any atom is -0.348 e. The van der Waals surface area contributed by atoms with Crippen LogP contribution in [0, 0.1) is 11.7 Å². The monoisotopic (exact) mass is 403 g/mol. The van der Waals surface area contributed by atoms with Crippen molar-refractivity contribution in [1.29, 1.82) is 0 Å². The van der Waals surface area contributed by atoms with E-state index in [0.717, 1.165) is 38.5 Å². The predicted molar refractivity (Wildman–Crippen MR) is 107 cm³/mol. The van der Waals surface area contributed by atoms with Gasteiger partial charge in [0.25, 0.3) is 0 Å². The maximum absolute atomic E-state index is 13.1. The van der Waals surface area contributed by atoms with Crippen molar-refractivity contribution in [2.45, 2.75) is 19.4 Å². The maximum atomic E-state index is 13.1. The highest BCUT2D eigenvalue weighted by atomic mass is 35.5. The van der Waals surface area contributed by atoms with E-state index >= 15 is 0 Å². The molecule has 3 rings (SSSR count). The van der Waals surface area contributed by atoms with Gasteiger partial charge in [-0.15, -0.1) is 0 Å². The number of rotatable bonds is 5. The van der Waals surface area contributed by atoms with Gasteiger partial charge >= 0.3 is 11.8 Å². The summed E-state index contributed by atoms with van der Waals surface area (Å²) in [4.78, 5) is 26.4. The molecule has 7 heteroatoms. The third-order valence-electron chi connectivity index (χ3n) is 4.89. The van der Waals surface area contributed by atoms with Crippen molar-refractivity contribution in [1.82, 2.24) is 10.2 Å². The number of anilines is 1. The van der Waals surface area contributed by atoms with Crippen LogP contribution in [0.2, 0.25) is 5.02 Å². The quantitative estimate of drug-likeness (QED) is 0.752. The van der Waals surface area contributed by atoms with Crippen LogP contribution < -0.4 is 10.6 Å². The average Bonchev–Trinajstić information content (AvgIpc) is 2.71. The first-order valence-electron chi connectivity index (χ1n) is 9.32. The summed E-state index contributed by atoms with van der Waals surface area (Å²) < 4.78 is 13.1. The lowest BCUT2D eigenvalue weighted by Gasteiger charge is -2.32. The fraction of sp³-hybridized carbons (Fsp3) is 0.333. The third kappa shape index (κ3) is 5.78. The number of nitrogens with zero attached hydrogens (tertiary/aromatic N) is 1. The smallest absolute Gasteiger partial charge is 0.313 e. The topological polar surface area (TPSA) is 61.4 Å². The number of likely N-dealkylation sites (tertiary alicyclic amines) is 1. The number of amides is 2. The summed E-state index contributed by atoms with van der Waals surface area (Å²) in [5.41, 5.74) is 1.58. The minimum atomic E-state index is -0.788. The molecule has 0 aromatic heterocycles. The lowest BCUT2D eigenvalue weighted by molar-refractivity contribution is -0.136. The summed E-state index contributed by atoms with van der Waals surface area (Å²) >= 11 is 5.67. The normalized spacial score (nSPS) is 15.2. The molecular formula is C21H23ClFN3O2. The molecule has 5 nitrogen and oxygen atoms in total. The summed E-state index contributed by atoms with van der Waals surface area (Å²) in [6.45, 7) is 3.34. The van der Waals surface area contributed by atoms with Gasteiger partial charge in [-0.3, -0.25) is 14.5 Å². The number of nitrogens with one attached hydrogen (secondary N) is 2. The molecule has 0 radical (unpaired) electrons. The van der Waals surface area contributed by atoms with Gasteiger partial charge < -0.3 is 10.6 Å². The molecule has 2 N–H and O–H groups in total. The summed E-state index contributed by atoms with van der Waals surface area (Å²) in [5.74, 6) is -1.72. The Kier molecular flexibility index (Phi) is 7.01. The van der Waals surface area contributed by atoms with E-state index in [-0.39, 0.29) is 10.7 Å². The molecule has 1 heterocycles. The number of piperidine rings is 1. The molecule has 28 heavy (non-hydrogen) atoms. The Morgan fingerprint density at radius 3 is 2.46 bits per heavy atom. The van der Waals surface area contributed by atoms with Gasteiger partial charge in [-0.1, -0.05) is 41.9 Å². The number of benzene rings is 2. The van der Waals surface area contributed by atoms with Crippen molar-refractivity contribution in [3.8, 4) is 0 Å². The molecule has 0 saturated carbocycles. The average molecular weight is 404 g/mol. The van der Waals surface area contributed by atoms with Crippen LogP contribution in [-0.4, -0.2) is 36.3 Å². The number of hydrogen-bond donors (Lipinski definition) is 2. The summed E-state index contributed by atoms with van der Waals surface area (Å²) in [5, 5.41) is 5.00. The number of carbonyl (C=O) groups excluding carboxylic acids is 2. The van der Waals surface area contributed by atoms with E-state index in [9.17, 15) is 14.0 Å². The summed E-state index contributed by atoms with van der Waals surface area (Å²) in [6, 6.07) is 14.1. The third-order valence-corrected chi connectivity index (χ3v) is 5.18. The van der Waals surface area contributed by atoms with Crippen LogP contribution >= 0.6 is 11.6 Å². The summed E-state index contributed by atoms with van der Waals surface area (Å²) in [7, 11) is 0. The van der Waals surface area contributed by atoms with Crippen LogP contribution in [0.15, 0.2) is 48.5 Å². The van der Waals surface area contributed by atoms with Crippen LogP contribution in [-0.2, 0) is 16.1 Å².